The fourth-order valence-corrected chi connectivity index (χ4v) is 1.58. The minimum Gasteiger partial charge on any atom is -0.465 e. The molecule has 0 spiro atoms. The number of nitrogens with one attached hydrogen (secondary N) is 1. The average Bonchev–Trinajstić information content (AvgIpc) is 2.38. The Labute approximate surface area is 98.9 Å². The fourth-order valence-electron chi connectivity index (χ4n) is 1.58. The number of nitrogens with zero attached hydrogens (tertiary/aromatic N) is 1. The van der Waals surface area contributed by atoms with Gasteiger partial charge in [-0.1, -0.05) is 18.2 Å². The van der Waals surface area contributed by atoms with Crippen LogP contribution < -0.4 is 5.32 Å². The van der Waals surface area contributed by atoms with Gasteiger partial charge in [0.25, 0.3) is 0 Å². The van der Waals surface area contributed by atoms with Crippen LogP contribution in [0.25, 0.3) is 11.1 Å². The maximum Gasteiger partial charge on any atom is 0.404 e. The first-order valence-corrected chi connectivity index (χ1v) is 5.22. The lowest BCUT2D eigenvalue weighted by Crippen LogP contribution is -2.19. The van der Waals surface area contributed by atoms with Crippen LogP contribution in [0.3, 0.4) is 0 Å². The highest BCUT2D eigenvalue weighted by Gasteiger charge is 2.00. The van der Waals surface area contributed by atoms with E-state index < -0.39 is 6.09 Å². The lowest BCUT2D eigenvalue weighted by Gasteiger charge is -2.05. The van der Waals surface area contributed by atoms with Crippen LogP contribution >= 0.6 is 0 Å². The molecule has 0 saturated heterocycles. The average molecular weight is 228 g/mol. The summed E-state index contributed by atoms with van der Waals surface area (Å²) in [6, 6.07) is 11.6. The molecule has 0 aliphatic rings. The van der Waals surface area contributed by atoms with Gasteiger partial charge in [-0.2, -0.15) is 0 Å². The first-order chi connectivity index (χ1) is 8.25. The molecule has 0 fully saturated rings. The topological polar surface area (TPSA) is 62.2 Å². The van der Waals surface area contributed by atoms with E-state index in [1.807, 2.05) is 36.4 Å². The van der Waals surface area contributed by atoms with Gasteiger partial charge in [0.2, 0.25) is 0 Å². The minimum absolute atomic E-state index is 0.314. The van der Waals surface area contributed by atoms with Gasteiger partial charge in [-0.3, -0.25) is 4.98 Å². The first kappa shape index (κ1) is 11.1. The zero-order valence-electron chi connectivity index (χ0n) is 9.13. The molecule has 1 aromatic heterocycles. The summed E-state index contributed by atoms with van der Waals surface area (Å²) in [6.07, 6.45) is 2.45. The van der Waals surface area contributed by atoms with Crippen LogP contribution in [0.4, 0.5) is 4.79 Å². The highest BCUT2D eigenvalue weighted by Crippen LogP contribution is 2.19. The van der Waals surface area contributed by atoms with Crippen LogP contribution in [0.15, 0.2) is 48.8 Å². The molecule has 1 heterocycles. The Balaban J connectivity index is 2.20. The Morgan fingerprint density at radius 1 is 1.18 bits per heavy atom. The van der Waals surface area contributed by atoms with Crippen molar-refractivity contribution in [1.29, 1.82) is 0 Å². The van der Waals surface area contributed by atoms with Crippen LogP contribution in [0.2, 0.25) is 0 Å². The maximum atomic E-state index is 10.4. The Hall–Kier alpha value is -2.36. The van der Waals surface area contributed by atoms with Crippen molar-refractivity contribution in [3.05, 3.63) is 54.4 Å². The fraction of sp³-hybridized carbons (Fsp3) is 0.0769. The first-order valence-electron chi connectivity index (χ1n) is 5.22. The Morgan fingerprint density at radius 2 is 1.94 bits per heavy atom. The SMILES string of the molecule is O=C(O)NCc1cccc(-c2ccncc2)c1. The zero-order valence-corrected chi connectivity index (χ0v) is 9.13. The van der Waals surface area contributed by atoms with Crippen molar-refractivity contribution < 1.29 is 9.90 Å². The van der Waals surface area contributed by atoms with E-state index >= 15 is 0 Å². The van der Waals surface area contributed by atoms with Gasteiger partial charge in [0.15, 0.2) is 0 Å². The predicted molar refractivity (Wildman–Crippen MR) is 64.5 cm³/mol. The molecule has 17 heavy (non-hydrogen) atoms. The smallest absolute Gasteiger partial charge is 0.404 e. The molecule has 0 atom stereocenters. The van der Waals surface area contributed by atoms with Gasteiger partial charge in [0, 0.05) is 18.9 Å². The van der Waals surface area contributed by atoms with E-state index in [0.717, 1.165) is 16.7 Å². The number of rotatable bonds is 3. The summed E-state index contributed by atoms with van der Waals surface area (Å²) in [5.41, 5.74) is 3.05. The third-order valence-corrected chi connectivity index (χ3v) is 2.38. The summed E-state index contributed by atoms with van der Waals surface area (Å²) < 4.78 is 0. The number of carboxylic acid groups (broad SMARTS) is 1. The van der Waals surface area contributed by atoms with Crippen molar-refractivity contribution >= 4 is 6.09 Å². The molecule has 0 unspecified atom stereocenters. The van der Waals surface area contributed by atoms with Crippen molar-refractivity contribution in [1.82, 2.24) is 10.3 Å². The van der Waals surface area contributed by atoms with Gasteiger partial charge in [0.1, 0.15) is 0 Å². The second-order valence-electron chi connectivity index (χ2n) is 3.59. The second-order valence-corrected chi connectivity index (χ2v) is 3.59. The summed E-state index contributed by atoms with van der Waals surface area (Å²) >= 11 is 0. The summed E-state index contributed by atoms with van der Waals surface area (Å²) in [5.74, 6) is 0. The summed E-state index contributed by atoms with van der Waals surface area (Å²) in [5, 5.41) is 10.9. The molecular formula is C13H12N2O2. The lowest BCUT2D eigenvalue weighted by molar-refractivity contribution is 0.194. The molecule has 1 amide bonds. The molecule has 0 aliphatic heterocycles. The molecule has 86 valence electrons. The number of aromatic nitrogens is 1. The molecule has 2 aromatic rings. The van der Waals surface area contributed by atoms with Gasteiger partial charge < -0.3 is 10.4 Å². The minimum atomic E-state index is -1.01. The second kappa shape index (κ2) is 5.12. The van der Waals surface area contributed by atoms with E-state index in [-0.39, 0.29) is 0 Å². The van der Waals surface area contributed by atoms with Gasteiger partial charge >= 0.3 is 6.09 Å². The van der Waals surface area contributed by atoms with E-state index in [2.05, 4.69) is 10.3 Å². The molecule has 4 heteroatoms. The maximum absolute atomic E-state index is 10.4. The number of hydrogen-bond acceptors (Lipinski definition) is 2. The Kier molecular flexibility index (Phi) is 3.35. The van der Waals surface area contributed by atoms with Crippen molar-refractivity contribution in [3.63, 3.8) is 0 Å². The number of benzene rings is 1. The number of pyridine rings is 1. The predicted octanol–water partition coefficient (Wildman–Crippen LogP) is 2.52. The van der Waals surface area contributed by atoms with Gasteiger partial charge in [-0.25, -0.2) is 4.79 Å². The molecule has 2 rings (SSSR count). The lowest BCUT2D eigenvalue weighted by atomic mass is 10.0. The van der Waals surface area contributed by atoms with Crippen molar-refractivity contribution in [3.8, 4) is 11.1 Å². The van der Waals surface area contributed by atoms with Crippen LogP contribution in [0.1, 0.15) is 5.56 Å². The van der Waals surface area contributed by atoms with Crippen LogP contribution in [0.5, 0.6) is 0 Å². The molecule has 0 aliphatic carbocycles. The summed E-state index contributed by atoms with van der Waals surface area (Å²) in [6.45, 7) is 0.314. The van der Waals surface area contributed by atoms with Gasteiger partial charge in [-0.15, -0.1) is 0 Å². The Morgan fingerprint density at radius 3 is 2.65 bits per heavy atom. The molecular weight excluding hydrogens is 216 g/mol. The van der Waals surface area contributed by atoms with Crippen molar-refractivity contribution in [2.24, 2.45) is 0 Å². The molecule has 1 aromatic carbocycles. The highest BCUT2D eigenvalue weighted by molar-refractivity contribution is 5.65. The largest absolute Gasteiger partial charge is 0.465 e. The van der Waals surface area contributed by atoms with Crippen LogP contribution in [-0.4, -0.2) is 16.2 Å². The third kappa shape index (κ3) is 3.04. The molecule has 2 N–H and O–H groups in total. The van der Waals surface area contributed by atoms with Crippen molar-refractivity contribution in [2.75, 3.05) is 0 Å². The molecule has 4 nitrogen and oxygen atoms in total. The number of amides is 1. The molecule has 0 saturated carbocycles. The normalized spacial score (nSPS) is 9.88. The number of hydrogen-bond donors (Lipinski definition) is 2. The van der Waals surface area contributed by atoms with Crippen molar-refractivity contribution in [2.45, 2.75) is 6.54 Å². The summed E-state index contributed by atoms with van der Waals surface area (Å²) in [7, 11) is 0. The van der Waals surface area contributed by atoms with Gasteiger partial charge in [-0.05, 0) is 34.9 Å². The van der Waals surface area contributed by atoms with E-state index in [1.165, 1.54) is 0 Å². The third-order valence-electron chi connectivity index (χ3n) is 2.38. The standard InChI is InChI=1S/C13H12N2O2/c16-13(17)15-9-10-2-1-3-12(8-10)11-4-6-14-7-5-11/h1-8,15H,9H2,(H,16,17). The molecule has 0 radical (unpaired) electrons. The quantitative estimate of drug-likeness (QED) is 0.848. The monoisotopic (exact) mass is 228 g/mol. The van der Waals surface area contributed by atoms with E-state index in [1.54, 1.807) is 12.4 Å². The van der Waals surface area contributed by atoms with E-state index in [4.69, 9.17) is 5.11 Å². The van der Waals surface area contributed by atoms with E-state index in [0.29, 0.717) is 6.54 Å². The zero-order chi connectivity index (χ0) is 12.1. The summed E-state index contributed by atoms with van der Waals surface area (Å²) in [4.78, 5) is 14.4. The van der Waals surface area contributed by atoms with E-state index in [9.17, 15) is 4.79 Å². The van der Waals surface area contributed by atoms with Crippen LogP contribution in [0, 0.1) is 0 Å². The molecule has 0 bridgehead atoms. The number of carbonyl (C=O) groups is 1. The van der Waals surface area contributed by atoms with Gasteiger partial charge in [0.05, 0.1) is 0 Å². The Bertz CT molecular complexity index is 512. The van der Waals surface area contributed by atoms with Crippen LogP contribution in [-0.2, 0) is 6.54 Å². The highest BCUT2D eigenvalue weighted by atomic mass is 16.4.